The van der Waals surface area contributed by atoms with Gasteiger partial charge in [-0.3, -0.25) is 0 Å². The van der Waals surface area contributed by atoms with Crippen LogP contribution in [0.2, 0.25) is 0 Å². The molecule has 0 fully saturated rings. The third kappa shape index (κ3) is 4.11. The van der Waals surface area contributed by atoms with E-state index in [4.69, 9.17) is 4.74 Å². The van der Waals surface area contributed by atoms with Crippen LogP contribution >= 0.6 is 0 Å². The normalized spacial score (nSPS) is 14.4. The summed E-state index contributed by atoms with van der Waals surface area (Å²) in [7, 11) is 1.81. The van der Waals surface area contributed by atoms with E-state index in [0.717, 1.165) is 25.8 Å². The average Bonchev–Trinajstić information content (AvgIpc) is 2.42. The lowest BCUT2D eigenvalue weighted by Crippen LogP contribution is -2.33. The highest BCUT2D eigenvalue weighted by Gasteiger charge is 2.21. The lowest BCUT2D eigenvalue weighted by Gasteiger charge is -2.27. The molecule has 2 nitrogen and oxygen atoms in total. The fraction of sp³-hybridized carbons (Fsp3) is 0.625. The lowest BCUT2D eigenvalue weighted by molar-refractivity contribution is 0.0611. The fourth-order valence-electron chi connectivity index (χ4n) is 2.40. The summed E-state index contributed by atoms with van der Waals surface area (Å²) in [5, 5.41) is 3.56. The molecule has 0 amide bonds. The number of ether oxygens (including phenoxy) is 1. The fourth-order valence-corrected chi connectivity index (χ4v) is 2.40. The van der Waals surface area contributed by atoms with Crippen LogP contribution in [0.15, 0.2) is 24.3 Å². The van der Waals surface area contributed by atoms with Crippen LogP contribution in [-0.2, 0) is 11.2 Å². The molecule has 0 saturated carbocycles. The molecule has 2 heteroatoms. The van der Waals surface area contributed by atoms with Crippen molar-refractivity contribution >= 4 is 0 Å². The number of hydrogen-bond donors (Lipinski definition) is 1. The summed E-state index contributed by atoms with van der Waals surface area (Å²) in [5.74, 6) is 0. The number of aryl methyl sites for hydroxylation is 1. The third-order valence-electron chi connectivity index (χ3n) is 3.39. The quantitative estimate of drug-likeness (QED) is 0.758. The molecule has 1 N–H and O–H groups in total. The Bertz CT molecular complexity index is 338. The van der Waals surface area contributed by atoms with Crippen LogP contribution in [0.25, 0.3) is 0 Å². The molecule has 0 bridgehead atoms. The second kappa shape index (κ2) is 8.28. The molecule has 0 saturated heterocycles. The van der Waals surface area contributed by atoms with Crippen LogP contribution in [0.4, 0.5) is 0 Å². The average molecular weight is 249 g/mol. The van der Waals surface area contributed by atoms with Crippen molar-refractivity contribution in [3.63, 3.8) is 0 Å². The maximum absolute atomic E-state index is 5.67. The van der Waals surface area contributed by atoms with Gasteiger partial charge in [0.15, 0.2) is 0 Å². The van der Waals surface area contributed by atoms with Crippen LogP contribution < -0.4 is 5.32 Å². The van der Waals surface area contributed by atoms with Gasteiger partial charge in [-0.2, -0.15) is 0 Å². The van der Waals surface area contributed by atoms with Crippen molar-refractivity contribution in [1.29, 1.82) is 0 Å². The summed E-state index contributed by atoms with van der Waals surface area (Å²) < 4.78 is 5.67. The van der Waals surface area contributed by atoms with E-state index in [-0.39, 0.29) is 6.10 Å². The number of methoxy groups -OCH3 is 1. The predicted octanol–water partition coefficient (Wildman–Crippen LogP) is 3.71. The third-order valence-corrected chi connectivity index (χ3v) is 3.39. The molecular weight excluding hydrogens is 222 g/mol. The Morgan fingerprint density at radius 1 is 1.22 bits per heavy atom. The minimum absolute atomic E-state index is 0.252. The van der Waals surface area contributed by atoms with E-state index in [0.29, 0.717) is 6.04 Å². The van der Waals surface area contributed by atoms with Crippen molar-refractivity contribution in [3.8, 4) is 0 Å². The smallest absolute Gasteiger partial charge is 0.0765 e. The number of likely N-dealkylation sites (N-methyl/N-ethyl adjacent to an activating group) is 1. The molecule has 1 aromatic carbocycles. The molecule has 0 aromatic heterocycles. The number of rotatable bonds is 8. The van der Waals surface area contributed by atoms with Gasteiger partial charge in [-0.15, -0.1) is 0 Å². The van der Waals surface area contributed by atoms with Crippen LogP contribution in [0.3, 0.4) is 0 Å². The van der Waals surface area contributed by atoms with Gasteiger partial charge in [0.25, 0.3) is 0 Å². The van der Waals surface area contributed by atoms with Crippen LogP contribution in [0.1, 0.15) is 50.8 Å². The van der Waals surface area contributed by atoms with Crippen molar-refractivity contribution in [2.75, 3.05) is 13.7 Å². The Kier molecular flexibility index (Phi) is 6.99. The van der Waals surface area contributed by atoms with Gasteiger partial charge < -0.3 is 10.1 Å². The standard InChI is InChI=1S/C16H27NO/c1-5-9-15(18-4)16(17-7-3)14-11-8-10-13(6-2)12-14/h8,10-12,15-17H,5-7,9H2,1-4H3. The van der Waals surface area contributed by atoms with Gasteiger partial charge in [-0.05, 0) is 30.5 Å². The maximum atomic E-state index is 5.67. The van der Waals surface area contributed by atoms with E-state index in [9.17, 15) is 0 Å². The molecule has 0 aliphatic carbocycles. The Hall–Kier alpha value is -0.860. The van der Waals surface area contributed by atoms with Crippen LogP contribution in [0.5, 0.6) is 0 Å². The molecule has 0 aliphatic rings. The highest BCUT2D eigenvalue weighted by molar-refractivity contribution is 5.27. The first-order chi connectivity index (χ1) is 8.76. The molecule has 0 radical (unpaired) electrons. The van der Waals surface area contributed by atoms with Crippen LogP contribution in [0, 0.1) is 0 Å². The number of hydrogen-bond acceptors (Lipinski definition) is 2. The molecule has 2 atom stereocenters. The summed E-state index contributed by atoms with van der Waals surface area (Å²) in [5.41, 5.74) is 2.73. The summed E-state index contributed by atoms with van der Waals surface area (Å²) in [6, 6.07) is 9.14. The first-order valence-corrected chi connectivity index (χ1v) is 7.11. The zero-order valence-corrected chi connectivity index (χ0v) is 12.2. The Morgan fingerprint density at radius 2 is 2.00 bits per heavy atom. The Morgan fingerprint density at radius 3 is 2.56 bits per heavy atom. The van der Waals surface area contributed by atoms with Gasteiger partial charge in [0.2, 0.25) is 0 Å². The zero-order valence-electron chi connectivity index (χ0n) is 12.2. The number of nitrogens with one attached hydrogen (secondary N) is 1. The van der Waals surface area contributed by atoms with Gasteiger partial charge >= 0.3 is 0 Å². The van der Waals surface area contributed by atoms with Crippen molar-refractivity contribution < 1.29 is 4.74 Å². The Labute approximate surface area is 112 Å². The topological polar surface area (TPSA) is 21.3 Å². The van der Waals surface area contributed by atoms with Gasteiger partial charge in [0.05, 0.1) is 12.1 Å². The molecule has 18 heavy (non-hydrogen) atoms. The largest absolute Gasteiger partial charge is 0.379 e. The molecule has 1 rings (SSSR count). The van der Waals surface area contributed by atoms with Crippen molar-refractivity contribution in [1.82, 2.24) is 5.32 Å². The van der Waals surface area contributed by atoms with Crippen molar-refractivity contribution in [2.24, 2.45) is 0 Å². The zero-order chi connectivity index (χ0) is 13.4. The van der Waals surface area contributed by atoms with Gasteiger partial charge in [0.1, 0.15) is 0 Å². The second-order valence-corrected chi connectivity index (χ2v) is 4.70. The SMILES string of the molecule is CCCC(OC)C(NCC)c1cccc(CC)c1. The first-order valence-electron chi connectivity index (χ1n) is 7.11. The predicted molar refractivity (Wildman–Crippen MR) is 77.9 cm³/mol. The highest BCUT2D eigenvalue weighted by atomic mass is 16.5. The first kappa shape index (κ1) is 15.2. The minimum Gasteiger partial charge on any atom is -0.379 e. The minimum atomic E-state index is 0.252. The molecular formula is C16H27NO. The molecule has 1 aromatic rings. The second-order valence-electron chi connectivity index (χ2n) is 4.70. The summed E-state index contributed by atoms with van der Waals surface area (Å²) >= 11 is 0. The Balaban J connectivity index is 2.93. The summed E-state index contributed by atoms with van der Waals surface area (Å²) in [4.78, 5) is 0. The van der Waals surface area contributed by atoms with E-state index < -0.39 is 0 Å². The summed E-state index contributed by atoms with van der Waals surface area (Å²) in [6.45, 7) is 7.51. The van der Waals surface area contributed by atoms with Gasteiger partial charge in [0, 0.05) is 7.11 Å². The molecule has 2 unspecified atom stereocenters. The van der Waals surface area contributed by atoms with Gasteiger partial charge in [-0.1, -0.05) is 51.5 Å². The van der Waals surface area contributed by atoms with Crippen molar-refractivity contribution in [2.45, 2.75) is 52.2 Å². The van der Waals surface area contributed by atoms with Crippen molar-refractivity contribution in [3.05, 3.63) is 35.4 Å². The molecule has 0 aliphatic heterocycles. The highest BCUT2D eigenvalue weighted by Crippen LogP contribution is 2.23. The maximum Gasteiger partial charge on any atom is 0.0765 e. The molecule has 0 spiro atoms. The van der Waals surface area contributed by atoms with E-state index >= 15 is 0 Å². The van der Waals surface area contributed by atoms with E-state index in [1.807, 2.05) is 7.11 Å². The van der Waals surface area contributed by atoms with E-state index in [1.165, 1.54) is 11.1 Å². The van der Waals surface area contributed by atoms with E-state index in [2.05, 4.69) is 50.4 Å². The number of benzene rings is 1. The molecule has 0 heterocycles. The monoisotopic (exact) mass is 249 g/mol. The summed E-state index contributed by atoms with van der Waals surface area (Å²) in [6.07, 6.45) is 3.57. The lowest BCUT2D eigenvalue weighted by atomic mass is 9.96. The molecule has 102 valence electrons. The van der Waals surface area contributed by atoms with Gasteiger partial charge in [-0.25, -0.2) is 0 Å². The van der Waals surface area contributed by atoms with E-state index in [1.54, 1.807) is 0 Å². The van der Waals surface area contributed by atoms with Crippen LogP contribution in [-0.4, -0.2) is 19.8 Å².